The van der Waals surface area contributed by atoms with Crippen LogP contribution in [0.5, 0.6) is 0 Å². The first kappa shape index (κ1) is 37.9. The van der Waals surface area contributed by atoms with Crippen molar-refractivity contribution < 1.29 is 49.0 Å². The molecule has 0 N–H and O–H groups in total. The van der Waals surface area contributed by atoms with Crippen LogP contribution in [0, 0.1) is 19.9 Å². The molecule has 3 heteroatoms. The number of halogens is 2. The molecule has 48 heavy (non-hydrogen) atoms. The molecule has 8 rings (SSSR count). The molecule has 0 bridgehead atoms. The third-order valence-electron chi connectivity index (χ3n) is 9.64. The van der Waals surface area contributed by atoms with Crippen molar-refractivity contribution in [3.8, 4) is 0 Å². The van der Waals surface area contributed by atoms with E-state index < -0.39 is 0 Å². The van der Waals surface area contributed by atoms with E-state index in [9.17, 15) is 0 Å². The zero-order valence-electron chi connectivity index (χ0n) is 29.4. The Kier molecular flexibility index (Phi) is 11.7. The Labute approximate surface area is 315 Å². The second-order valence-corrected chi connectivity index (χ2v) is 15.6. The van der Waals surface area contributed by atoms with Crippen molar-refractivity contribution in [2.45, 2.75) is 72.6 Å². The second-order valence-electron chi connectivity index (χ2n) is 14.3. The van der Waals surface area contributed by atoms with Crippen LogP contribution < -0.4 is 24.8 Å². The summed E-state index contributed by atoms with van der Waals surface area (Å²) >= 11 is 1.46. The van der Waals surface area contributed by atoms with Gasteiger partial charge in [-0.05, 0) is 36.1 Å². The molecule has 0 aliphatic heterocycles. The number of rotatable bonds is 2. The summed E-state index contributed by atoms with van der Waals surface area (Å²) in [5.74, 6) is 0. The number of hydrogen-bond donors (Lipinski definition) is 0. The summed E-state index contributed by atoms with van der Waals surface area (Å²) in [5, 5.41) is 5.57. The zero-order valence-corrected chi connectivity index (χ0v) is 33.3. The number of fused-ring (bicyclic) bond motifs is 5. The standard InChI is InChI=1S/C25H25.C15H14.C5H5.2ClH.Zr/c1-14-12-24(3,4)22-8-16-7-17-9-23-19(15(2)13-25(23,5)6)11-21(17)20(16)10-18(14)22;1-12-3-7-14(8-4-12)11-15-9-5-13(2)6-10-15;1-2-4-5-3-1;;;/h7-13H,1-6H3;3-10H,1-2H3;1-3H,4H2;2*1H;/q-1;;-1;;;+2/p-2. The third kappa shape index (κ3) is 7.60. The van der Waals surface area contributed by atoms with Crippen LogP contribution >= 0.6 is 0 Å². The summed E-state index contributed by atoms with van der Waals surface area (Å²) in [4.78, 5) is 0. The largest absolute Gasteiger partial charge is 1.00 e. The van der Waals surface area contributed by atoms with Crippen LogP contribution in [0.1, 0.15) is 92.5 Å². The number of aryl methyl sites for hydroxylation is 2. The molecule has 0 nitrogen and oxygen atoms in total. The van der Waals surface area contributed by atoms with E-state index in [1.165, 1.54) is 105 Å². The second kappa shape index (κ2) is 14.9. The summed E-state index contributed by atoms with van der Waals surface area (Å²) in [5.41, 5.74) is 14.2. The van der Waals surface area contributed by atoms with Crippen LogP contribution in [0.4, 0.5) is 0 Å². The first-order valence-electron chi connectivity index (χ1n) is 16.4. The third-order valence-corrected chi connectivity index (χ3v) is 11.1. The first-order chi connectivity index (χ1) is 21.8. The molecule has 0 radical (unpaired) electrons. The van der Waals surface area contributed by atoms with Gasteiger partial charge in [0.2, 0.25) is 0 Å². The molecule has 3 aliphatic rings. The molecule has 0 aromatic heterocycles. The van der Waals surface area contributed by atoms with Gasteiger partial charge in [-0.1, -0.05) is 63.1 Å². The maximum atomic E-state index is 2.99. The molecule has 0 heterocycles. The van der Waals surface area contributed by atoms with Crippen LogP contribution in [-0.4, -0.2) is 3.21 Å². The molecule has 3 aliphatic carbocycles. The van der Waals surface area contributed by atoms with E-state index in [2.05, 4.69) is 159 Å². The molecular weight excluding hydrogens is 703 g/mol. The Hall–Kier alpha value is -2.96. The number of allylic oxidation sites excluding steroid dienone is 8. The summed E-state index contributed by atoms with van der Waals surface area (Å²) in [6.07, 6.45) is 14.8. The normalized spacial score (nSPS) is 15.6. The molecule has 0 atom stereocenters. The van der Waals surface area contributed by atoms with Gasteiger partial charge in [-0.2, -0.15) is 6.08 Å². The minimum atomic E-state index is 0. The van der Waals surface area contributed by atoms with E-state index in [0.717, 1.165) is 6.42 Å². The van der Waals surface area contributed by atoms with Gasteiger partial charge in [0.1, 0.15) is 0 Å². The van der Waals surface area contributed by atoms with E-state index in [4.69, 9.17) is 0 Å². The summed E-state index contributed by atoms with van der Waals surface area (Å²) < 4.78 is 1.42. The number of hydrogen-bond acceptors (Lipinski definition) is 0. The van der Waals surface area contributed by atoms with Crippen molar-refractivity contribution in [1.82, 2.24) is 0 Å². The number of benzene rings is 4. The predicted molar refractivity (Wildman–Crippen MR) is 198 cm³/mol. The van der Waals surface area contributed by atoms with Crippen molar-refractivity contribution in [3.63, 3.8) is 0 Å². The Morgan fingerprint density at radius 2 is 1.06 bits per heavy atom. The van der Waals surface area contributed by atoms with Gasteiger partial charge in [0, 0.05) is 10.8 Å². The van der Waals surface area contributed by atoms with Crippen LogP contribution in [0.25, 0.3) is 32.7 Å². The molecule has 5 aromatic rings. The summed E-state index contributed by atoms with van der Waals surface area (Å²) in [6, 6.07) is 29.6. The van der Waals surface area contributed by atoms with Gasteiger partial charge in [0.15, 0.2) is 0 Å². The average Bonchev–Trinajstić information content (AvgIpc) is 3.79. The predicted octanol–water partition coefficient (Wildman–Crippen LogP) is 5.83. The first-order valence-corrected chi connectivity index (χ1v) is 17.6. The van der Waals surface area contributed by atoms with Crippen molar-refractivity contribution >= 4 is 35.9 Å². The van der Waals surface area contributed by atoms with Crippen LogP contribution in [0.3, 0.4) is 0 Å². The Bertz CT molecular complexity index is 1950. The van der Waals surface area contributed by atoms with E-state index in [1.807, 2.05) is 12.2 Å². The van der Waals surface area contributed by atoms with Gasteiger partial charge in [-0.3, -0.25) is 6.08 Å². The maximum Gasteiger partial charge on any atom is -0.109 e. The van der Waals surface area contributed by atoms with Crippen molar-refractivity contribution in [3.05, 3.63) is 160 Å². The van der Waals surface area contributed by atoms with Crippen LogP contribution in [-0.2, 0) is 35.1 Å². The fourth-order valence-electron chi connectivity index (χ4n) is 7.17. The molecule has 0 saturated carbocycles. The minimum absolute atomic E-state index is 0. The average molecular weight is 747 g/mol. The van der Waals surface area contributed by atoms with Crippen LogP contribution in [0.15, 0.2) is 109 Å². The van der Waals surface area contributed by atoms with Crippen molar-refractivity contribution in [2.75, 3.05) is 0 Å². The SMILES string of the molecule is CC1=CC(C)(C)c2cc3[cH-]c4cc5c(cc4c3cc21)C(C)=CC5(C)C.Cc1ccc([C](=[Zr+2])c2ccc(C)cc2)cc1.[C-]1=CC=CC1.[Cl-].[Cl-]. The van der Waals surface area contributed by atoms with Crippen LogP contribution in [0.2, 0.25) is 0 Å². The van der Waals surface area contributed by atoms with E-state index in [1.54, 1.807) is 0 Å². The fourth-order valence-corrected chi connectivity index (χ4v) is 7.98. The van der Waals surface area contributed by atoms with Gasteiger partial charge >= 0.3 is 112 Å². The Morgan fingerprint density at radius 1 is 0.646 bits per heavy atom. The van der Waals surface area contributed by atoms with E-state index >= 15 is 0 Å². The van der Waals surface area contributed by atoms with Gasteiger partial charge in [0.25, 0.3) is 0 Å². The molecule has 0 saturated heterocycles. The summed E-state index contributed by atoms with van der Waals surface area (Å²) in [7, 11) is 0. The van der Waals surface area contributed by atoms with E-state index in [-0.39, 0.29) is 35.6 Å². The van der Waals surface area contributed by atoms with Crippen molar-refractivity contribution in [1.29, 1.82) is 0 Å². The molecule has 0 unspecified atom stereocenters. The Morgan fingerprint density at radius 3 is 1.40 bits per heavy atom. The molecule has 0 spiro atoms. The smallest absolute Gasteiger partial charge is 0.109 e. The molecular formula is C45H44Cl2Zr-2. The minimum Gasteiger partial charge on any atom is -1.00 e. The van der Waals surface area contributed by atoms with Gasteiger partial charge < -0.3 is 24.8 Å². The zero-order chi connectivity index (χ0) is 32.8. The maximum absolute atomic E-state index is 2.99. The Balaban J connectivity index is 0.000000195. The molecule has 0 amide bonds. The molecule has 5 aromatic carbocycles. The van der Waals surface area contributed by atoms with Gasteiger partial charge in [-0.15, -0.1) is 46.2 Å². The summed E-state index contributed by atoms with van der Waals surface area (Å²) in [6.45, 7) is 18.0. The monoisotopic (exact) mass is 744 g/mol. The quantitative estimate of drug-likeness (QED) is 0.200. The topological polar surface area (TPSA) is 0 Å². The van der Waals surface area contributed by atoms with E-state index in [0.29, 0.717) is 0 Å². The van der Waals surface area contributed by atoms with Gasteiger partial charge in [0.05, 0.1) is 0 Å². The fraction of sp³-hybridized carbons (Fsp3) is 0.244. The molecule has 244 valence electrons. The molecule has 0 fully saturated rings. The van der Waals surface area contributed by atoms with Crippen molar-refractivity contribution in [2.24, 2.45) is 0 Å². The van der Waals surface area contributed by atoms with Gasteiger partial charge in [-0.25, -0.2) is 12.2 Å².